The summed E-state index contributed by atoms with van der Waals surface area (Å²) in [7, 11) is 0. The van der Waals surface area contributed by atoms with Crippen molar-refractivity contribution in [3.05, 3.63) is 120 Å². The molecular formula is C31H30O4. The molecular weight excluding hydrogens is 436 g/mol. The highest BCUT2D eigenvalue weighted by Gasteiger charge is 2.44. The molecule has 0 aromatic heterocycles. The van der Waals surface area contributed by atoms with E-state index in [1.807, 2.05) is 48.5 Å². The largest absolute Gasteiger partial charge is 0.430 e. The van der Waals surface area contributed by atoms with Crippen molar-refractivity contribution < 1.29 is 19.7 Å². The van der Waals surface area contributed by atoms with E-state index < -0.39 is 5.97 Å². The molecule has 4 nitrogen and oxygen atoms in total. The zero-order valence-corrected chi connectivity index (χ0v) is 19.7. The second kappa shape index (κ2) is 9.95. The molecule has 4 aromatic rings. The highest BCUT2D eigenvalue weighted by atomic mass is 16.9. The molecule has 1 heterocycles. The van der Waals surface area contributed by atoms with Crippen LogP contribution in [0, 0.1) is 0 Å². The van der Waals surface area contributed by atoms with Crippen molar-refractivity contribution in [3.63, 3.8) is 0 Å². The van der Waals surface area contributed by atoms with Crippen molar-refractivity contribution in [2.45, 2.75) is 44.2 Å². The Morgan fingerprint density at radius 1 is 0.714 bits per heavy atom. The van der Waals surface area contributed by atoms with Gasteiger partial charge in [-0.15, -0.1) is 0 Å². The maximum Gasteiger partial charge on any atom is 0.372 e. The summed E-state index contributed by atoms with van der Waals surface area (Å²) in [6.45, 7) is 0. The van der Waals surface area contributed by atoms with Crippen LogP contribution in [0.15, 0.2) is 103 Å². The molecule has 0 saturated heterocycles. The summed E-state index contributed by atoms with van der Waals surface area (Å²) in [5.74, 6) is 0.390. The van der Waals surface area contributed by atoms with Gasteiger partial charge in [0, 0.05) is 5.56 Å². The van der Waals surface area contributed by atoms with Crippen molar-refractivity contribution >= 4 is 0 Å². The number of benzene rings is 4. The Morgan fingerprint density at radius 2 is 1.43 bits per heavy atom. The van der Waals surface area contributed by atoms with Gasteiger partial charge in [-0.25, -0.2) is 0 Å². The van der Waals surface area contributed by atoms with Crippen LogP contribution in [0.2, 0.25) is 0 Å². The topological polar surface area (TPSA) is 59.2 Å². The summed E-state index contributed by atoms with van der Waals surface area (Å²) in [6.07, 6.45) is 4.51. The van der Waals surface area contributed by atoms with E-state index in [1.54, 1.807) is 0 Å². The van der Waals surface area contributed by atoms with Crippen molar-refractivity contribution in [1.82, 2.24) is 0 Å². The van der Waals surface area contributed by atoms with Crippen molar-refractivity contribution in [2.24, 2.45) is 0 Å². The lowest BCUT2D eigenvalue weighted by molar-refractivity contribution is -0.330. The molecule has 0 amide bonds. The predicted molar refractivity (Wildman–Crippen MR) is 137 cm³/mol. The molecule has 2 aliphatic rings. The fourth-order valence-electron chi connectivity index (χ4n) is 5.12. The highest BCUT2D eigenvalue weighted by Crippen LogP contribution is 2.43. The molecule has 0 bridgehead atoms. The van der Waals surface area contributed by atoms with E-state index in [-0.39, 0.29) is 11.6 Å². The van der Waals surface area contributed by atoms with E-state index in [2.05, 4.69) is 54.6 Å². The van der Waals surface area contributed by atoms with Crippen LogP contribution in [-0.2, 0) is 17.6 Å². The van der Waals surface area contributed by atoms with E-state index in [0.717, 1.165) is 48.3 Å². The van der Waals surface area contributed by atoms with E-state index >= 15 is 0 Å². The minimum atomic E-state index is -1.20. The standard InChI is InChI=1S/C31H28O3.H2O/c1-2-11-23(12-3-1)26-17-7-9-19-29(26)33-31(22-21-25-14-5-8-18-28(25)32-31)34-30-20-10-15-24-13-4-6-16-27(24)30;/h1-9,11-14,16-19,30H,10,15,20-22H2;1H2. The molecule has 2 unspecified atom stereocenters. The van der Waals surface area contributed by atoms with Crippen LogP contribution in [-0.4, -0.2) is 11.4 Å². The normalized spacial score (nSPS) is 20.5. The fourth-order valence-corrected chi connectivity index (χ4v) is 5.12. The first-order valence-electron chi connectivity index (χ1n) is 12.2. The van der Waals surface area contributed by atoms with Crippen LogP contribution in [0.5, 0.6) is 11.5 Å². The molecule has 0 saturated carbocycles. The van der Waals surface area contributed by atoms with Gasteiger partial charge in [-0.05, 0) is 60.1 Å². The minimum Gasteiger partial charge on any atom is -0.430 e. The Balaban J connectivity index is 0.00000253. The Hall–Kier alpha value is -3.60. The first-order chi connectivity index (χ1) is 16.8. The summed E-state index contributed by atoms with van der Waals surface area (Å²) in [5.41, 5.74) is 5.92. The van der Waals surface area contributed by atoms with Crippen LogP contribution >= 0.6 is 0 Å². The summed E-state index contributed by atoms with van der Waals surface area (Å²) >= 11 is 0. The Labute approximate surface area is 206 Å². The predicted octanol–water partition coefficient (Wildman–Crippen LogP) is 6.68. The van der Waals surface area contributed by atoms with Crippen LogP contribution in [0.1, 0.15) is 42.1 Å². The first-order valence-corrected chi connectivity index (χ1v) is 12.2. The fraction of sp³-hybridized carbons (Fsp3) is 0.226. The van der Waals surface area contributed by atoms with Gasteiger partial charge < -0.3 is 14.9 Å². The zero-order valence-electron chi connectivity index (χ0n) is 19.7. The van der Waals surface area contributed by atoms with Crippen LogP contribution in [0.25, 0.3) is 11.1 Å². The van der Waals surface area contributed by atoms with Gasteiger partial charge in [0.25, 0.3) is 0 Å². The van der Waals surface area contributed by atoms with E-state index in [1.165, 1.54) is 16.7 Å². The number of ether oxygens (including phenoxy) is 3. The minimum absolute atomic E-state index is 0. The molecule has 0 fully saturated rings. The number of rotatable bonds is 5. The van der Waals surface area contributed by atoms with E-state index in [0.29, 0.717) is 6.42 Å². The molecule has 1 aliphatic carbocycles. The quantitative estimate of drug-likeness (QED) is 0.308. The zero-order chi connectivity index (χ0) is 22.8. The number of aryl methyl sites for hydroxylation is 2. The molecule has 4 aromatic carbocycles. The molecule has 35 heavy (non-hydrogen) atoms. The van der Waals surface area contributed by atoms with Crippen LogP contribution in [0.3, 0.4) is 0 Å². The van der Waals surface area contributed by atoms with Gasteiger partial charge in [0.05, 0.1) is 12.5 Å². The second-order valence-electron chi connectivity index (χ2n) is 9.05. The maximum atomic E-state index is 6.85. The van der Waals surface area contributed by atoms with Gasteiger partial charge in [0.2, 0.25) is 0 Å². The third-order valence-electron chi connectivity index (χ3n) is 6.81. The van der Waals surface area contributed by atoms with Crippen molar-refractivity contribution in [2.75, 3.05) is 0 Å². The van der Waals surface area contributed by atoms with Gasteiger partial charge in [-0.2, -0.15) is 0 Å². The van der Waals surface area contributed by atoms with Gasteiger partial charge in [-0.1, -0.05) is 91.0 Å². The third kappa shape index (κ3) is 4.68. The Morgan fingerprint density at radius 3 is 2.31 bits per heavy atom. The third-order valence-corrected chi connectivity index (χ3v) is 6.81. The van der Waals surface area contributed by atoms with Gasteiger partial charge in [-0.3, -0.25) is 4.74 Å². The molecule has 2 N–H and O–H groups in total. The Kier molecular flexibility index (Phi) is 6.58. The lowest BCUT2D eigenvalue weighted by Gasteiger charge is -2.41. The van der Waals surface area contributed by atoms with Gasteiger partial charge in [0.1, 0.15) is 11.5 Å². The maximum absolute atomic E-state index is 6.85. The molecule has 6 rings (SSSR count). The second-order valence-corrected chi connectivity index (χ2v) is 9.05. The van der Waals surface area contributed by atoms with Gasteiger partial charge in [0.15, 0.2) is 0 Å². The molecule has 4 heteroatoms. The lowest BCUT2D eigenvalue weighted by Crippen LogP contribution is -2.49. The number of hydrogen-bond donors (Lipinski definition) is 0. The van der Waals surface area contributed by atoms with Crippen molar-refractivity contribution in [3.8, 4) is 22.6 Å². The number of fused-ring (bicyclic) bond motifs is 2. The highest BCUT2D eigenvalue weighted by molar-refractivity contribution is 5.70. The summed E-state index contributed by atoms with van der Waals surface area (Å²) in [5, 5.41) is 0. The summed E-state index contributed by atoms with van der Waals surface area (Å²) in [6, 6.07) is 35.2. The lowest BCUT2D eigenvalue weighted by atomic mass is 9.89. The molecule has 1 aliphatic heterocycles. The monoisotopic (exact) mass is 466 g/mol. The van der Waals surface area contributed by atoms with Crippen LogP contribution < -0.4 is 9.47 Å². The van der Waals surface area contributed by atoms with E-state index in [9.17, 15) is 0 Å². The van der Waals surface area contributed by atoms with Gasteiger partial charge >= 0.3 is 5.97 Å². The number of hydrogen-bond acceptors (Lipinski definition) is 3. The van der Waals surface area contributed by atoms with Crippen LogP contribution in [0.4, 0.5) is 0 Å². The molecule has 0 spiro atoms. The summed E-state index contributed by atoms with van der Waals surface area (Å²) < 4.78 is 20.2. The summed E-state index contributed by atoms with van der Waals surface area (Å²) in [4.78, 5) is 0. The average molecular weight is 467 g/mol. The molecule has 0 radical (unpaired) electrons. The SMILES string of the molecule is O.c1ccc(-c2ccccc2OC2(OC3CCCc4ccccc43)CCc3ccccc3O2)cc1. The average Bonchev–Trinajstić information content (AvgIpc) is 2.90. The van der Waals surface area contributed by atoms with Crippen molar-refractivity contribution in [1.29, 1.82) is 0 Å². The Bertz CT molecular complexity index is 1290. The number of para-hydroxylation sites is 2. The smallest absolute Gasteiger partial charge is 0.372 e. The molecule has 178 valence electrons. The van der Waals surface area contributed by atoms with E-state index in [4.69, 9.17) is 14.2 Å². The molecule has 2 atom stereocenters. The first kappa shape index (κ1) is 23.2.